The lowest BCUT2D eigenvalue weighted by Gasteiger charge is -2.07. The lowest BCUT2D eigenvalue weighted by Crippen LogP contribution is -2.27. The van der Waals surface area contributed by atoms with Gasteiger partial charge in [0.15, 0.2) is 0 Å². The Morgan fingerprint density at radius 1 is 1.29 bits per heavy atom. The topological polar surface area (TPSA) is 65.0 Å². The van der Waals surface area contributed by atoms with Crippen LogP contribution in [0, 0.1) is 0 Å². The molecule has 0 atom stereocenters. The summed E-state index contributed by atoms with van der Waals surface area (Å²) < 4.78 is 4.73. The maximum atomic E-state index is 11.6. The van der Waals surface area contributed by atoms with Gasteiger partial charge in [-0.3, -0.25) is 4.79 Å². The van der Waals surface area contributed by atoms with Crippen molar-refractivity contribution in [2.45, 2.75) is 13.5 Å². The molecule has 0 fully saturated rings. The highest BCUT2D eigenvalue weighted by Crippen LogP contribution is 2.24. The molecule has 0 saturated carbocycles. The van der Waals surface area contributed by atoms with Crippen molar-refractivity contribution in [3.63, 3.8) is 0 Å². The first-order valence-corrected chi connectivity index (χ1v) is 7.78. The molecule has 0 amide bonds. The highest BCUT2D eigenvalue weighted by molar-refractivity contribution is 9.09. The van der Waals surface area contributed by atoms with E-state index in [1.165, 1.54) is 0 Å². The summed E-state index contributed by atoms with van der Waals surface area (Å²) in [4.78, 5) is 28.2. The minimum atomic E-state index is -0.841. The van der Waals surface area contributed by atoms with E-state index in [1.54, 1.807) is 25.1 Å². The average Bonchev–Trinajstić information content (AvgIpc) is 2.45. The van der Waals surface area contributed by atoms with E-state index in [4.69, 9.17) is 32.8 Å². The Bertz CT molecular complexity index is 543. The Kier molecular flexibility index (Phi) is 7.71. The summed E-state index contributed by atoms with van der Waals surface area (Å²) >= 11 is 14.9. The fraction of sp³-hybridized carbons (Fsp3) is 0.308. The Morgan fingerprint density at radius 3 is 2.43 bits per heavy atom. The summed E-state index contributed by atoms with van der Waals surface area (Å²) in [7, 11) is 0. The molecular formula is C13H12BrCl2NO4. The van der Waals surface area contributed by atoms with Gasteiger partial charge in [-0.05, 0) is 19.1 Å². The van der Waals surface area contributed by atoms with Crippen molar-refractivity contribution in [2.75, 3.05) is 11.9 Å². The molecule has 0 aromatic heterocycles. The van der Waals surface area contributed by atoms with Crippen molar-refractivity contribution < 1.29 is 19.2 Å². The van der Waals surface area contributed by atoms with Crippen LogP contribution in [-0.2, 0) is 25.8 Å². The van der Waals surface area contributed by atoms with Gasteiger partial charge >= 0.3 is 5.97 Å². The molecule has 5 nitrogen and oxygen atoms in total. The van der Waals surface area contributed by atoms with Crippen LogP contribution in [0.4, 0.5) is 0 Å². The zero-order valence-corrected chi connectivity index (χ0v) is 14.2. The molecule has 0 bridgehead atoms. The monoisotopic (exact) mass is 395 g/mol. The van der Waals surface area contributed by atoms with E-state index in [0.29, 0.717) is 15.6 Å². The van der Waals surface area contributed by atoms with Crippen LogP contribution in [0.2, 0.25) is 10.0 Å². The third-order valence-corrected chi connectivity index (χ3v) is 3.50. The van der Waals surface area contributed by atoms with Crippen LogP contribution in [0.1, 0.15) is 12.5 Å². The summed E-state index contributed by atoms with van der Waals surface area (Å²) in [6.45, 7) is 1.68. The van der Waals surface area contributed by atoms with Gasteiger partial charge in [0.1, 0.15) is 6.61 Å². The number of esters is 1. The standard InChI is InChI=1S/C13H12BrCl2NO4/c1-2-20-13(19)12(11(18)6-14)17-21-7-8-9(15)4-3-5-10(8)16/h3-5H,2,6-7H2,1H3/b17-12-. The second-order valence-corrected chi connectivity index (χ2v) is 5.07. The van der Waals surface area contributed by atoms with Crippen LogP contribution in [0.5, 0.6) is 0 Å². The third-order valence-electron chi connectivity index (χ3n) is 2.28. The van der Waals surface area contributed by atoms with Gasteiger partial charge in [0.2, 0.25) is 11.5 Å². The predicted octanol–water partition coefficient (Wildman–Crippen LogP) is 3.39. The number of hydrogen-bond donors (Lipinski definition) is 0. The summed E-state index contributed by atoms with van der Waals surface area (Å²) in [5.74, 6) is -1.38. The zero-order valence-electron chi connectivity index (χ0n) is 11.1. The smallest absolute Gasteiger partial charge is 0.364 e. The number of ether oxygens (including phenoxy) is 1. The number of ketones is 1. The molecule has 0 spiro atoms. The maximum Gasteiger partial charge on any atom is 0.364 e. The number of Topliss-reactive ketones (excluding diaryl/α,β-unsaturated/α-hetero) is 1. The number of rotatable bonds is 7. The number of oxime groups is 1. The second-order valence-electron chi connectivity index (χ2n) is 3.69. The van der Waals surface area contributed by atoms with Crippen molar-refractivity contribution in [1.29, 1.82) is 0 Å². The first-order valence-electron chi connectivity index (χ1n) is 5.90. The largest absolute Gasteiger partial charge is 0.461 e. The van der Waals surface area contributed by atoms with Crippen LogP contribution in [0.15, 0.2) is 23.4 Å². The highest BCUT2D eigenvalue weighted by Gasteiger charge is 2.22. The Hall–Kier alpha value is -1.11. The molecule has 0 unspecified atom stereocenters. The van der Waals surface area contributed by atoms with Crippen LogP contribution in [0.25, 0.3) is 0 Å². The number of carbonyl (C=O) groups is 2. The van der Waals surface area contributed by atoms with E-state index in [0.717, 1.165) is 0 Å². The fourth-order valence-electron chi connectivity index (χ4n) is 1.30. The average molecular weight is 397 g/mol. The van der Waals surface area contributed by atoms with Gasteiger partial charge in [-0.2, -0.15) is 0 Å². The van der Waals surface area contributed by atoms with E-state index >= 15 is 0 Å². The molecule has 0 radical (unpaired) electrons. The third kappa shape index (κ3) is 5.30. The summed E-state index contributed by atoms with van der Waals surface area (Å²) in [5, 5.41) is 4.28. The number of halogens is 3. The second kappa shape index (κ2) is 9.02. The molecule has 0 aliphatic heterocycles. The lowest BCUT2D eigenvalue weighted by atomic mass is 10.2. The minimum Gasteiger partial charge on any atom is -0.461 e. The minimum absolute atomic E-state index is 0.0686. The first kappa shape index (κ1) is 17.9. The zero-order chi connectivity index (χ0) is 15.8. The number of nitrogens with zero attached hydrogens (tertiary/aromatic N) is 1. The molecule has 8 heteroatoms. The Balaban J connectivity index is 2.84. The van der Waals surface area contributed by atoms with Gasteiger partial charge in [0.05, 0.1) is 11.9 Å². The SMILES string of the molecule is CCOC(=O)/C(=N\OCc1c(Cl)cccc1Cl)C(=O)CBr. The van der Waals surface area contributed by atoms with Crippen LogP contribution < -0.4 is 0 Å². The van der Waals surface area contributed by atoms with E-state index < -0.39 is 17.5 Å². The Labute approximate surface area is 140 Å². The van der Waals surface area contributed by atoms with E-state index in [-0.39, 0.29) is 18.5 Å². The molecule has 0 aliphatic carbocycles. The molecule has 1 aromatic rings. The number of hydrogen-bond acceptors (Lipinski definition) is 5. The molecule has 0 aliphatic rings. The van der Waals surface area contributed by atoms with E-state index in [2.05, 4.69) is 21.1 Å². The predicted molar refractivity (Wildman–Crippen MR) is 84.1 cm³/mol. The number of alkyl halides is 1. The van der Waals surface area contributed by atoms with Gasteiger partial charge in [0, 0.05) is 15.6 Å². The molecule has 0 N–H and O–H groups in total. The van der Waals surface area contributed by atoms with Gasteiger partial charge in [-0.25, -0.2) is 4.79 Å². The van der Waals surface area contributed by atoms with Gasteiger partial charge in [-0.15, -0.1) is 0 Å². The molecule has 21 heavy (non-hydrogen) atoms. The van der Waals surface area contributed by atoms with Crippen LogP contribution in [0.3, 0.4) is 0 Å². The van der Waals surface area contributed by atoms with Crippen molar-refractivity contribution in [3.05, 3.63) is 33.8 Å². The van der Waals surface area contributed by atoms with E-state index in [1.807, 2.05) is 0 Å². The number of carbonyl (C=O) groups excluding carboxylic acids is 2. The summed E-state index contributed by atoms with van der Waals surface area (Å²) in [5.41, 5.74) is 0.0935. The maximum absolute atomic E-state index is 11.6. The fourth-order valence-corrected chi connectivity index (χ4v) is 2.07. The number of benzene rings is 1. The molecule has 0 heterocycles. The van der Waals surface area contributed by atoms with Crippen molar-refractivity contribution >= 4 is 56.6 Å². The van der Waals surface area contributed by atoms with Crippen molar-refractivity contribution in [3.8, 4) is 0 Å². The van der Waals surface area contributed by atoms with Gasteiger partial charge in [-0.1, -0.05) is 50.4 Å². The van der Waals surface area contributed by atoms with Gasteiger partial charge < -0.3 is 9.57 Å². The molecule has 114 valence electrons. The first-order chi connectivity index (χ1) is 10.0. The van der Waals surface area contributed by atoms with Gasteiger partial charge in [0.25, 0.3) is 0 Å². The molecule has 1 rings (SSSR count). The van der Waals surface area contributed by atoms with Crippen LogP contribution >= 0.6 is 39.1 Å². The van der Waals surface area contributed by atoms with Crippen LogP contribution in [-0.4, -0.2) is 29.4 Å². The molecular weight excluding hydrogens is 385 g/mol. The Morgan fingerprint density at radius 2 is 1.90 bits per heavy atom. The molecule has 0 saturated heterocycles. The van der Waals surface area contributed by atoms with Crippen molar-refractivity contribution in [2.24, 2.45) is 5.16 Å². The normalized spacial score (nSPS) is 11.1. The summed E-state index contributed by atoms with van der Waals surface area (Å²) in [6.07, 6.45) is 0. The quantitative estimate of drug-likeness (QED) is 0.233. The highest BCUT2D eigenvalue weighted by atomic mass is 79.9. The van der Waals surface area contributed by atoms with Crippen molar-refractivity contribution in [1.82, 2.24) is 0 Å². The summed E-state index contributed by atoms with van der Waals surface area (Å²) in [6, 6.07) is 4.98. The van der Waals surface area contributed by atoms with E-state index in [9.17, 15) is 9.59 Å². The lowest BCUT2D eigenvalue weighted by molar-refractivity contribution is -0.136. The molecule has 1 aromatic carbocycles.